The zero-order valence-corrected chi connectivity index (χ0v) is 18.7. The Balaban J connectivity index is 2.37. The minimum absolute atomic E-state index is 0.137. The fourth-order valence-electron chi connectivity index (χ4n) is 3.20. The number of benzene rings is 1. The molecule has 0 aliphatic carbocycles. The van der Waals surface area contributed by atoms with E-state index in [4.69, 9.17) is 0 Å². The zero-order valence-electron chi connectivity index (χ0n) is 17.9. The van der Waals surface area contributed by atoms with Crippen LogP contribution in [0.1, 0.15) is 51.6 Å². The molecule has 5 nitrogen and oxygen atoms in total. The molecule has 0 saturated carbocycles. The van der Waals surface area contributed by atoms with Crippen LogP contribution in [0, 0.1) is 5.92 Å². The van der Waals surface area contributed by atoms with Gasteiger partial charge in [-0.25, -0.2) is 8.42 Å². The van der Waals surface area contributed by atoms with Gasteiger partial charge in [0.15, 0.2) is 15.6 Å². The Labute approximate surface area is 175 Å². The molecule has 30 heavy (non-hydrogen) atoms. The standard InChI is InChI=1S/C21H27F3N2O3S/c1-13(2)19(17(27)11-15-12-18(20(3,4)5)25-26(15)6)30(28,29)16-9-7-14(8-10-16)21(22,23)24/h7-10,12-13,19H,11H2,1-6H3. The lowest BCUT2D eigenvalue weighted by atomic mass is 9.92. The molecule has 2 rings (SSSR count). The van der Waals surface area contributed by atoms with Crippen LogP contribution in [0.25, 0.3) is 0 Å². The number of alkyl halides is 3. The van der Waals surface area contributed by atoms with Crippen LogP contribution in [0.2, 0.25) is 0 Å². The molecule has 1 unspecified atom stereocenters. The molecule has 0 saturated heterocycles. The van der Waals surface area contributed by atoms with Crippen LogP contribution in [-0.2, 0) is 39.7 Å². The molecule has 0 bridgehead atoms. The van der Waals surface area contributed by atoms with Crippen LogP contribution in [0.3, 0.4) is 0 Å². The van der Waals surface area contributed by atoms with E-state index in [1.807, 2.05) is 20.8 Å². The molecule has 1 aromatic heterocycles. The smallest absolute Gasteiger partial charge is 0.298 e. The number of Topliss-reactive ketones (excluding diaryl/α,β-unsaturated/α-hetero) is 1. The fraction of sp³-hybridized carbons (Fsp3) is 0.524. The van der Waals surface area contributed by atoms with Crippen molar-refractivity contribution < 1.29 is 26.4 Å². The third-order valence-electron chi connectivity index (χ3n) is 4.87. The molecule has 2 aromatic rings. The lowest BCUT2D eigenvalue weighted by molar-refractivity contribution is -0.137. The molecule has 0 N–H and O–H groups in total. The Bertz CT molecular complexity index is 1020. The van der Waals surface area contributed by atoms with E-state index in [0.29, 0.717) is 17.8 Å². The second-order valence-electron chi connectivity index (χ2n) is 8.77. The highest BCUT2D eigenvalue weighted by molar-refractivity contribution is 7.92. The van der Waals surface area contributed by atoms with Gasteiger partial charge in [-0.1, -0.05) is 34.6 Å². The summed E-state index contributed by atoms with van der Waals surface area (Å²) >= 11 is 0. The Morgan fingerprint density at radius 1 is 1.10 bits per heavy atom. The maximum atomic E-state index is 13.1. The van der Waals surface area contributed by atoms with Crippen molar-refractivity contribution in [3.05, 3.63) is 47.3 Å². The van der Waals surface area contributed by atoms with Crippen LogP contribution in [0.15, 0.2) is 35.2 Å². The predicted molar refractivity (Wildman–Crippen MR) is 108 cm³/mol. The van der Waals surface area contributed by atoms with Crippen molar-refractivity contribution in [2.45, 2.75) is 62.8 Å². The number of carbonyl (C=O) groups excluding carboxylic acids is 1. The zero-order chi connectivity index (χ0) is 23.1. The number of aromatic nitrogens is 2. The van der Waals surface area contributed by atoms with E-state index in [1.165, 1.54) is 0 Å². The summed E-state index contributed by atoms with van der Waals surface area (Å²) in [5, 5.41) is 3.03. The van der Waals surface area contributed by atoms with Gasteiger partial charge in [0.1, 0.15) is 5.25 Å². The van der Waals surface area contributed by atoms with E-state index in [0.717, 1.165) is 17.8 Å². The average Bonchev–Trinajstić information content (AvgIpc) is 2.94. The molecule has 0 aliphatic rings. The molecule has 1 atom stereocenters. The number of hydrogen-bond donors (Lipinski definition) is 0. The summed E-state index contributed by atoms with van der Waals surface area (Å²) < 4.78 is 66.1. The van der Waals surface area contributed by atoms with E-state index >= 15 is 0 Å². The quantitative estimate of drug-likeness (QED) is 0.664. The van der Waals surface area contributed by atoms with Gasteiger partial charge < -0.3 is 0 Å². The summed E-state index contributed by atoms with van der Waals surface area (Å²) in [5.41, 5.74) is 0.180. The van der Waals surface area contributed by atoms with Gasteiger partial charge >= 0.3 is 6.18 Å². The SMILES string of the molecule is CC(C)C(C(=O)Cc1cc(C(C)(C)C)nn1C)S(=O)(=O)c1ccc(C(F)(F)F)cc1. The van der Waals surface area contributed by atoms with Gasteiger partial charge in [-0.05, 0) is 36.2 Å². The van der Waals surface area contributed by atoms with E-state index in [9.17, 15) is 26.4 Å². The third kappa shape index (κ3) is 5.11. The predicted octanol–water partition coefficient (Wildman–Crippen LogP) is 4.35. The number of halogens is 3. The normalized spacial score (nSPS) is 14.2. The summed E-state index contributed by atoms with van der Waals surface area (Å²) in [6.07, 6.45) is -4.71. The third-order valence-corrected chi connectivity index (χ3v) is 7.27. The number of ketones is 1. The summed E-state index contributed by atoms with van der Waals surface area (Å²) in [7, 11) is -2.48. The summed E-state index contributed by atoms with van der Waals surface area (Å²) in [4.78, 5) is 12.7. The Morgan fingerprint density at radius 2 is 1.63 bits per heavy atom. The average molecular weight is 445 g/mol. The molecule has 0 aliphatic heterocycles. The van der Waals surface area contributed by atoms with Crippen molar-refractivity contribution in [2.75, 3.05) is 0 Å². The van der Waals surface area contributed by atoms with E-state index < -0.39 is 38.5 Å². The van der Waals surface area contributed by atoms with Crippen molar-refractivity contribution >= 4 is 15.6 Å². The van der Waals surface area contributed by atoms with E-state index in [-0.39, 0.29) is 16.7 Å². The summed E-state index contributed by atoms with van der Waals surface area (Å²) in [5.74, 6) is -1.08. The molecule has 9 heteroatoms. The van der Waals surface area contributed by atoms with E-state index in [2.05, 4.69) is 5.10 Å². The van der Waals surface area contributed by atoms with Crippen molar-refractivity contribution in [1.82, 2.24) is 9.78 Å². The fourth-order valence-corrected chi connectivity index (χ4v) is 5.16. The lowest BCUT2D eigenvalue weighted by Gasteiger charge is -2.20. The Hall–Kier alpha value is -2.16. The van der Waals surface area contributed by atoms with Crippen LogP contribution in [0.5, 0.6) is 0 Å². The van der Waals surface area contributed by atoms with E-state index in [1.54, 1.807) is 31.6 Å². The minimum atomic E-state index is -4.57. The lowest BCUT2D eigenvalue weighted by Crippen LogP contribution is -2.36. The van der Waals surface area contributed by atoms with Gasteiger partial charge in [0.25, 0.3) is 0 Å². The highest BCUT2D eigenvalue weighted by Crippen LogP contribution is 2.31. The van der Waals surface area contributed by atoms with Gasteiger partial charge in [-0.2, -0.15) is 18.3 Å². The van der Waals surface area contributed by atoms with Crippen molar-refractivity contribution in [3.63, 3.8) is 0 Å². The number of hydrogen-bond acceptors (Lipinski definition) is 4. The number of sulfone groups is 1. The second kappa shape index (κ2) is 8.17. The number of rotatable bonds is 6. The minimum Gasteiger partial charge on any atom is -0.298 e. The first-order chi connectivity index (χ1) is 13.5. The summed E-state index contributed by atoms with van der Waals surface area (Å²) in [6.45, 7) is 9.15. The van der Waals surface area contributed by atoms with Gasteiger partial charge in [-0.15, -0.1) is 0 Å². The first-order valence-corrected chi connectivity index (χ1v) is 11.1. The maximum absolute atomic E-state index is 13.1. The molecule has 1 heterocycles. The Morgan fingerprint density at radius 3 is 2.03 bits per heavy atom. The van der Waals surface area contributed by atoms with Crippen molar-refractivity contribution in [3.8, 4) is 0 Å². The maximum Gasteiger partial charge on any atom is 0.416 e. The number of nitrogens with zero attached hydrogens (tertiary/aromatic N) is 2. The molecule has 0 amide bonds. The molecule has 0 spiro atoms. The van der Waals surface area contributed by atoms with Crippen LogP contribution >= 0.6 is 0 Å². The summed E-state index contributed by atoms with van der Waals surface area (Å²) in [6, 6.07) is 5.02. The first-order valence-electron chi connectivity index (χ1n) is 9.52. The largest absolute Gasteiger partial charge is 0.416 e. The van der Waals surface area contributed by atoms with Gasteiger partial charge in [0.05, 0.1) is 16.2 Å². The van der Waals surface area contributed by atoms with Crippen LogP contribution in [-0.4, -0.2) is 29.2 Å². The highest BCUT2D eigenvalue weighted by Gasteiger charge is 2.38. The van der Waals surface area contributed by atoms with Crippen molar-refractivity contribution in [2.24, 2.45) is 13.0 Å². The molecule has 0 fully saturated rings. The van der Waals surface area contributed by atoms with Crippen LogP contribution in [0.4, 0.5) is 13.2 Å². The van der Waals surface area contributed by atoms with Gasteiger partial charge in [0.2, 0.25) is 0 Å². The number of aryl methyl sites for hydroxylation is 1. The van der Waals surface area contributed by atoms with Crippen LogP contribution < -0.4 is 0 Å². The topological polar surface area (TPSA) is 69.0 Å². The van der Waals surface area contributed by atoms with Gasteiger partial charge in [-0.3, -0.25) is 9.48 Å². The van der Waals surface area contributed by atoms with Gasteiger partial charge in [0, 0.05) is 24.6 Å². The second-order valence-corrected chi connectivity index (χ2v) is 10.8. The Kier molecular flexibility index (Phi) is 6.57. The molecule has 0 radical (unpaired) electrons. The number of carbonyl (C=O) groups is 1. The van der Waals surface area contributed by atoms with Crippen molar-refractivity contribution in [1.29, 1.82) is 0 Å². The molecule has 1 aromatic carbocycles. The monoisotopic (exact) mass is 444 g/mol. The molecular formula is C21H27F3N2O3S. The highest BCUT2D eigenvalue weighted by atomic mass is 32.2. The first kappa shape index (κ1) is 24.1. The molecule has 166 valence electrons. The molecular weight excluding hydrogens is 417 g/mol.